The van der Waals surface area contributed by atoms with Crippen LogP contribution in [0, 0.1) is 10.1 Å². The summed E-state index contributed by atoms with van der Waals surface area (Å²) in [7, 11) is 0. The lowest BCUT2D eigenvalue weighted by Crippen LogP contribution is -2.08. The van der Waals surface area contributed by atoms with Gasteiger partial charge in [-0.1, -0.05) is 6.92 Å². The van der Waals surface area contributed by atoms with Crippen molar-refractivity contribution in [3.8, 4) is 0 Å². The number of nitrogens with zero attached hydrogens (tertiary/aromatic N) is 3. The third-order valence-electron chi connectivity index (χ3n) is 3.13. The molecule has 2 rings (SSSR count). The molecule has 18 heavy (non-hydrogen) atoms. The average Bonchev–Trinajstić information content (AvgIpc) is 2.74. The van der Waals surface area contributed by atoms with Crippen LogP contribution in [0.25, 0.3) is 11.0 Å². The number of nitro benzene ring substituents is 1. The maximum Gasteiger partial charge on any atom is 0.271 e. The van der Waals surface area contributed by atoms with Crippen LogP contribution in [0.15, 0.2) is 18.2 Å². The lowest BCUT2D eigenvalue weighted by Gasteiger charge is -2.14. The number of fused-ring (bicyclic) bond motifs is 1. The van der Waals surface area contributed by atoms with Crippen LogP contribution in [0.1, 0.15) is 32.1 Å². The second-order valence-electron chi connectivity index (χ2n) is 4.24. The largest absolute Gasteiger partial charge is 0.388 e. The van der Waals surface area contributed by atoms with Crippen LogP contribution in [-0.4, -0.2) is 19.6 Å². The van der Waals surface area contributed by atoms with Crippen molar-refractivity contribution in [2.24, 2.45) is 0 Å². The fourth-order valence-electron chi connectivity index (χ4n) is 2.04. The van der Waals surface area contributed by atoms with Gasteiger partial charge in [0.15, 0.2) is 0 Å². The molecule has 0 aliphatic carbocycles. The second kappa shape index (κ2) is 4.73. The molecule has 0 bridgehead atoms. The summed E-state index contributed by atoms with van der Waals surface area (Å²) in [5.74, 6) is 0.542. The maximum absolute atomic E-state index is 10.7. The average molecular weight is 249 g/mol. The molecule has 1 aromatic heterocycles. The number of non-ortho nitro benzene ring substituents is 1. The number of rotatable bonds is 4. The highest BCUT2D eigenvalue weighted by Crippen LogP contribution is 2.26. The Balaban J connectivity index is 2.66. The van der Waals surface area contributed by atoms with Gasteiger partial charge < -0.3 is 9.67 Å². The molecule has 96 valence electrons. The van der Waals surface area contributed by atoms with Crippen molar-refractivity contribution in [3.05, 3.63) is 34.1 Å². The smallest absolute Gasteiger partial charge is 0.271 e. The van der Waals surface area contributed by atoms with Crippen molar-refractivity contribution < 1.29 is 10.0 Å². The van der Waals surface area contributed by atoms with Gasteiger partial charge in [0.25, 0.3) is 5.69 Å². The van der Waals surface area contributed by atoms with Gasteiger partial charge in [-0.25, -0.2) is 4.98 Å². The van der Waals surface area contributed by atoms with E-state index < -0.39 is 4.92 Å². The number of aliphatic hydroxyl groups excluding tert-OH is 1. The summed E-state index contributed by atoms with van der Waals surface area (Å²) in [4.78, 5) is 14.5. The van der Waals surface area contributed by atoms with Crippen molar-refractivity contribution in [1.82, 2.24) is 9.55 Å². The predicted octanol–water partition coefficient (Wildman–Crippen LogP) is 2.41. The summed E-state index contributed by atoms with van der Waals surface area (Å²) in [6.45, 7) is 3.90. The molecular formula is C12H15N3O3. The topological polar surface area (TPSA) is 81.2 Å². The Morgan fingerprint density at radius 2 is 2.28 bits per heavy atom. The third-order valence-corrected chi connectivity index (χ3v) is 3.13. The molecule has 0 saturated heterocycles. The normalized spacial score (nSPS) is 12.8. The van der Waals surface area contributed by atoms with E-state index in [0.717, 1.165) is 11.9 Å². The monoisotopic (exact) mass is 249 g/mol. The minimum Gasteiger partial charge on any atom is -0.388 e. The van der Waals surface area contributed by atoms with Crippen LogP contribution in [0.2, 0.25) is 0 Å². The third kappa shape index (κ3) is 1.95. The zero-order valence-corrected chi connectivity index (χ0v) is 10.3. The molecule has 1 N–H and O–H groups in total. The van der Waals surface area contributed by atoms with Gasteiger partial charge in [0.1, 0.15) is 12.4 Å². The molecular weight excluding hydrogens is 234 g/mol. The SMILES string of the molecule is CCC(C)n1c(CO)nc2cc([N+](=O)[O-])ccc21. The number of imidazole rings is 1. The molecule has 6 nitrogen and oxygen atoms in total. The molecule has 0 aliphatic rings. The lowest BCUT2D eigenvalue weighted by atomic mass is 10.2. The van der Waals surface area contributed by atoms with E-state index in [0.29, 0.717) is 11.3 Å². The molecule has 0 aliphatic heterocycles. The van der Waals surface area contributed by atoms with E-state index in [1.165, 1.54) is 12.1 Å². The summed E-state index contributed by atoms with van der Waals surface area (Å²) in [6, 6.07) is 4.78. The van der Waals surface area contributed by atoms with Crippen LogP contribution in [0.5, 0.6) is 0 Å². The van der Waals surface area contributed by atoms with Crippen molar-refractivity contribution in [3.63, 3.8) is 0 Å². The minimum atomic E-state index is -0.444. The molecule has 0 saturated carbocycles. The molecule has 6 heteroatoms. The molecule has 0 fully saturated rings. The summed E-state index contributed by atoms with van der Waals surface area (Å²) in [5, 5.41) is 20.0. The summed E-state index contributed by atoms with van der Waals surface area (Å²) in [6.07, 6.45) is 0.898. The van der Waals surface area contributed by atoms with E-state index in [2.05, 4.69) is 4.98 Å². The summed E-state index contributed by atoms with van der Waals surface area (Å²) >= 11 is 0. The highest BCUT2D eigenvalue weighted by Gasteiger charge is 2.16. The van der Waals surface area contributed by atoms with Gasteiger partial charge in [-0.15, -0.1) is 0 Å². The first-order chi connectivity index (χ1) is 8.58. The van der Waals surface area contributed by atoms with Crippen molar-refractivity contribution >= 4 is 16.7 Å². The number of nitro groups is 1. The number of hydrogen-bond acceptors (Lipinski definition) is 4. The first-order valence-electron chi connectivity index (χ1n) is 5.84. The van der Waals surface area contributed by atoms with Gasteiger partial charge in [0.2, 0.25) is 0 Å². The fourth-order valence-corrected chi connectivity index (χ4v) is 2.04. The van der Waals surface area contributed by atoms with E-state index in [9.17, 15) is 15.2 Å². The molecule has 1 heterocycles. The second-order valence-corrected chi connectivity index (χ2v) is 4.24. The van der Waals surface area contributed by atoms with E-state index in [1.54, 1.807) is 6.07 Å². The number of hydrogen-bond donors (Lipinski definition) is 1. The van der Waals surface area contributed by atoms with E-state index in [1.807, 2.05) is 18.4 Å². The van der Waals surface area contributed by atoms with Crippen LogP contribution in [0.3, 0.4) is 0 Å². The molecule has 0 amide bonds. The zero-order valence-electron chi connectivity index (χ0n) is 10.3. The van der Waals surface area contributed by atoms with Crippen LogP contribution in [-0.2, 0) is 6.61 Å². The first kappa shape index (κ1) is 12.5. The van der Waals surface area contributed by atoms with E-state index in [4.69, 9.17) is 0 Å². The highest BCUT2D eigenvalue weighted by molar-refractivity contribution is 5.78. The number of aliphatic hydroxyl groups is 1. The Hall–Kier alpha value is -1.95. The van der Waals surface area contributed by atoms with Crippen LogP contribution < -0.4 is 0 Å². The van der Waals surface area contributed by atoms with Crippen LogP contribution in [0.4, 0.5) is 5.69 Å². The Morgan fingerprint density at radius 3 is 2.83 bits per heavy atom. The fraction of sp³-hybridized carbons (Fsp3) is 0.417. The number of aromatic nitrogens is 2. The van der Waals surface area contributed by atoms with Crippen molar-refractivity contribution in [2.75, 3.05) is 0 Å². The molecule has 1 atom stereocenters. The van der Waals surface area contributed by atoms with Gasteiger partial charge in [-0.3, -0.25) is 10.1 Å². The van der Waals surface area contributed by atoms with Gasteiger partial charge in [0, 0.05) is 18.2 Å². The molecule has 0 radical (unpaired) electrons. The molecule has 0 spiro atoms. The Bertz CT molecular complexity index is 592. The Labute approximate surface area is 104 Å². The molecule has 1 aromatic carbocycles. The van der Waals surface area contributed by atoms with Crippen molar-refractivity contribution in [2.45, 2.75) is 32.9 Å². The summed E-state index contributed by atoms with van der Waals surface area (Å²) < 4.78 is 1.93. The van der Waals surface area contributed by atoms with E-state index in [-0.39, 0.29) is 18.3 Å². The Morgan fingerprint density at radius 1 is 1.56 bits per heavy atom. The van der Waals surface area contributed by atoms with Gasteiger partial charge in [0.05, 0.1) is 16.0 Å². The molecule has 2 aromatic rings. The lowest BCUT2D eigenvalue weighted by molar-refractivity contribution is -0.384. The van der Waals surface area contributed by atoms with Crippen LogP contribution >= 0.6 is 0 Å². The highest BCUT2D eigenvalue weighted by atomic mass is 16.6. The van der Waals surface area contributed by atoms with Gasteiger partial charge >= 0.3 is 0 Å². The zero-order chi connectivity index (χ0) is 13.3. The molecule has 1 unspecified atom stereocenters. The summed E-state index contributed by atoms with van der Waals surface area (Å²) in [5.41, 5.74) is 1.38. The first-order valence-corrected chi connectivity index (χ1v) is 5.84. The predicted molar refractivity (Wildman–Crippen MR) is 67.3 cm³/mol. The Kier molecular flexibility index (Phi) is 3.29. The number of benzene rings is 1. The maximum atomic E-state index is 10.7. The van der Waals surface area contributed by atoms with E-state index >= 15 is 0 Å². The quantitative estimate of drug-likeness (QED) is 0.666. The van der Waals surface area contributed by atoms with Crippen molar-refractivity contribution in [1.29, 1.82) is 0 Å². The minimum absolute atomic E-state index is 0.0146. The standard InChI is InChI=1S/C12H15N3O3/c1-3-8(2)14-11-5-4-9(15(17)18)6-10(11)13-12(14)7-16/h4-6,8,16H,3,7H2,1-2H3. The van der Waals surface area contributed by atoms with Gasteiger partial charge in [-0.05, 0) is 19.4 Å². The van der Waals surface area contributed by atoms with Gasteiger partial charge in [-0.2, -0.15) is 0 Å².